The number of nitrogens with two attached hydrogens (primary N) is 1. The lowest BCUT2D eigenvalue weighted by Crippen LogP contribution is -1.92. The van der Waals surface area contributed by atoms with Crippen molar-refractivity contribution in [2.45, 2.75) is 6.92 Å². The van der Waals surface area contributed by atoms with Crippen LogP contribution in [0, 0.1) is 0 Å². The molecule has 0 aliphatic carbocycles. The molecule has 1 aromatic rings. The monoisotopic (exact) mass is 207 g/mol. The second kappa shape index (κ2) is 4.99. The third-order valence-electron chi connectivity index (χ3n) is 1.86. The first-order valence-electron chi connectivity index (χ1n) is 4.46. The highest BCUT2D eigenvalue weighted by atomic mass is 35.5. The van der Waals surface area contributed by atoms with Gasteiger partial charge in [-0.2, -0.15) is 0 Å². The third kappa shape index (κ3) is 3.02. The van der Waals surface area contributed by atoms with Gasteiger partial charge in [-0.25, -0.2) is 0 Å². The second-order valence-corrected chi connectivity index (χ2v) is 3.63. The molecule has 0 aliphatic rings. The van der Waals surface area contributed by atoms with Gasteiger partial charge in [-0.05, 0) is 36.2 Å². The molecule has 0 radical (unpaired) electrons. The topological polar surface area (TPSA) is 26.0 Å². The number of hydrogen-bond acceptors (Lipinski definition) is 1. The summed E-state index contributed by atoms with van der Waals surface area (Å²) in [7, 11) is 0. The Morgan fingerprint density at radius 2 is 2.21 bits per heavy atom. The molecule has 1 aromatic carbocycles. The van der Waals surface area contributed by atoms with Crippen LogP contribution < -0.4 is 5.73 Å². The van der Waals surface area contributed by atoms with E-state index >= 15 is 0 Å². The van der Waals surface area contributed by atoms with Crippen LogP contribution in [0.15, 0.2) is 30.9 Å². The Hall–Kier alpha value is -1.05. The highest BCUT2D eigenvalue weighted by molar-refractivity contribution is 6.30. The maximum absolute atomic E-state index is 5.97. The first-order chi connectivity index (χ1) is 6.63. The fraction of sp³-hybridized carbons (Fsp3) is 0.167. The molecule has 0 saturated carbocycles. The summed E-state index contributed by atoms with van der Waals surface area (Å²) in [6.45, 7) is 6.38. The summed E-state index contributed by atoms with van der Waals surface area (Å²) in [5, 5.41) is 0.724. The maximum Gasteiger partial charge on any atom is 0.0418 e. The smallest absolute Gasteiger partial charge is 0.0418 e. The average molecular weight is 208 g/mol. The van der Waals surface area contributed by atoms with Crippen LogP contribution in [0.5, 0.6) is 0 Å². The van der Waals surface area contributed by atoms with Crippen LogP contribution in [0.2, 0.25) is 5.02 Å². The predicted molar refractivity (Wildman–Crippen MR) is 64.2 cm³/mol. The Bertz CT molecular complexity index is 367. The Labute approximate surface area is 89.9 Å². The molecule has 0 amide bonds. The maximum atomic E-state index is 5.97. The summed E-state index contributed by atoms with van der Waals surface area (Å²) in [6, 6.07) is 5.85. The molecule has 0 spiro atoms. The molecule has 0 aromatic heterocycles. The molecule has 74 valence electrons. The van der Waals surface area contributed by atoms with E-state index in [2.05, 4.69) is 6.58 Å². The van der Waals surface area contributed by atoms with Gasteiger partial charge in [0.1, 0.15) is 0 Å². The van der Waals surface area contributed by atoms with E-state index < -0.39 is 0 Å². The van der Waals surface area contributed by atoms with E-state index in [0.29, 0.717) is 6.54 Å². The average Bonchev–Trinajstić information content (AvgIpc) is 2.14. The minimum absolute atomic E-state index is 0.537. The molecular weight excluding hydrogens is 194 g/mol. The van der Waals surface area contributed by atoms with E-state index in [0.717, 1.165) is 21.7 Å². The standard InChI is InChI=1S/C12H14ClN/c1-9(2)11-6-10(4-3-5-14)7-12(13)8-11/h3-4,6-8H,1,5,14H2,2H3/b4-3+. The van der Waals surface area contributed by atoms with E-state index in [-0.39, 0.29) is 0 Å². The van der Waals surface area contributed by atoms with E-state index in [1.54, 1.807) is 0 Å². The van der Waals surface area contributed by atoms with Crippen molar-refractivity contribution in [2.75, 3.05) is 6.54 Å². The summed E-state index contributed by atoms with van der Waals surface area (Å²) >= 11 is 5.97. The van der Waals surface area contributed by atoms with Crippen molar-refractivity contribution >= 4 is 23.3 Å². The van der Waals surface area contributed by atoms with Gasteiger partial charge in [0.25, 0.3) is 0 Å². The molecule has 1 nitrogen and oxygen atoms in total. The molecule has 2 N–H and O–H groups in total. The zero-order valence-electron chi connectivity index (χ0n) is 8.26. The van der Waals surface area contributed by atoms with Crippen LogP contribution in [0.1, 0.15) is 18.1 Å². The molecule has 0 bridgehead atoms. The quantitative estimate of drug-likeness (QED) is 0.809. The van der Waals surface area contributed by atoms with Crippen molar-refractivity contribution in [1.29, 1.82) is 0 Å². The molecular formula is C12H14ClN. The summed E-state index contributed by atoms with van der Waals surface area (Å²) in [4.78, 5) is 0. The van der Waals surface area contributed by atoms with Gasteiger partial charge >= 0.3 is 0 Å². The van der Waals surface area contributed by atoms with E-state index in [9.17, 15) is 0 Å². The van der Waals surface area contributed by atoms with E-state index in [1.165, 1.54) is 0 Å². The van der Waals surface area contributed by atoms with Gasteiger partial charge in [-0.15, -0.1) is 0 Å². The van der Waals surface area contributed by atoms with Crippen molar-refractivity contribution in [3.8, 4) is 0 Å². The minimum Gasteiger partial charge on any atom is -0.327 e. The molecule has 0 saturated heterocycles. The van der Waals surface area contributed by atoms with Crippen LogP contribution >= 0.6 is 11.6 Å². The highest BCUT2D eigenvalue weighted by Gasteiger charge is 1.97. The lowest BCUT2D eigenvalue weighted by atomic mass is 10.1. The SMILES string of the molecule is C=C(C)c1cc(Cl)cc(/C=C/CN)c1. The number of rotatable bonds is 3. The zero-order chi connectivity index (χ0) is 10.6. The van der Waals surface area contributed by atoms with Crippen molar-refractivity contribution in [1.82, 2.24) is 0 Å². The molecule has 0 unspecified atom stereocenters. The number of allylic oxidation sites excluding steroid dienone is 1. The molecule has 0 heterocycles. The molecule has 0 aliphatic heterocycles. The molecule has 1 rings (SSSR count). The van der Waals surface area contributed by atoms with Crippen LogP contribution in [0.4, 0.5) is 0 Å². The lowest BCUT2D eigenvalue weighted by molar-refractivity contribution is 1.26. The fourth-order valence-corrected chi connectivity index (χ4v) is 1.40. The van der Waals surface area contributed by atoms with Gasteiger partial charge in [0.15, 0.2) is 0 Å². The zero-order valence-corrected chi connectivity index (χ0v) is 9.01. The Kier molecular flexibility index (Phi) is 3.93. The van der Waals surface area contributed by atoms with Crippen molar-refractivity contribution in [3.63, 3.8) is 0 Å². The van der Waals surface area contributed by atoms with Gasteiger partial charge in [0.2, 0.25) is 0 Å². The van der Waals surface area contributed by atoms with Crippen molar-refractivity contribution in [2.24, 2.45) is 5.73 Å². The Balaban J connectivity index is 3.07. The van der Waals surface area contributed by atoms with Crippen LogP contribution in [0.3, 0.4) is 0 Å². The van der Waals surface area contributed by atoms with Gasteiger partial charge in [0, 0.05) is 11.6 Å². The van der Waals surface area contributed by atoms with Gasteiger partial charge < -0.3 is 5.73 Å². The molecule has 14 heavy (non-hydrogen) atoms. The van der Waals surface area contributed by atoms with Crippen molar-refractivity contribution < 1.29 is 0 Å². The first kappa shape index (κ1) is 11.0. The highest BCUT2D eigenvalue weighted by Crippen LogP contribution is 2.20. The second-order valence-electron chi connectivity index (χ2n) is 3.19. The normalized spacial score (nSPS) is 10.8. The van der Waals surface area contributed by atoms with E-state index in [1.807, 2.05) is 37.3 Å². The molecule has 0 atom stereocenters. The van der Waals surface area contributed by atoms with Gasteiger partial charge in [0.05, 0.1) is 0 Å². The number of halogens is 1. The summed E-state index contributed by atoms with van der Waals surface area (Å²) < 4.78 is 0. The third-order valence-corrected chi connectivity index (χ3v) is 2.08. The molecule has 0 fully saturated rings. The first-order valence-corrected chi connectivity index (χ1v) is 4.84. The summed E-state index contributed by atoms with van der Waals surface area (Å²) in [5.74, 6) is 0. The Morgan fingerprint density at radius 1 is 1.50 bits per heavy atom. The van der Waals surface area contributed by atoms with Crippen LogP contribution in [-0.4, -0.2) is 6.54 Å². The summed E-state index contributed by atoms with van der Waals surface area (Å²) in [5.41, 5.74) is 8.50. The molecule has 2 heteroatoms. The van der Waals surface area contributed by atoms with Crippen LogP contribution in [-0.2, 0) is 0 Å². The fourth-order valence-electron chi connectivity index (χ4n) is 1.16. The van der Waals surface area contributed by atoms with Gasteiger partial charge in [-0.1, -0.05) is 35.9 Å². The Morgan fingerprint density at radius 3 is 2.79 bits per heavy atom. The van der Waals surface area contributed by atoms with Crippen LogP contribution in [0.25, 0.3) is 11.6 Å². The number of benzene rings is 1. The largest absolute Gasteiger partial charge is 0.327 e. The van der Waals surface area contributed by atoms with Gasteiger partial charge in [-0.3, -0.25) is 0 Å². The summed E-state index contributed by atoms with van der Waals surface area (Å²) in [6.07, 6.45) is 3.85. The predicted octanol–water partition coefficient (Wildman–Crippen LogP) is 3.35. The van der Waals surface area contributed by atoms with Crippen molar-refractivity contribution in [3.05, 3.63) is 47.0 Å². The lowest BCUT2D eigenvalue weighted by Gasteiger charge is -2.02. The number of hydrogen-bond donors (Lipinski definition) is 1. The minimum atomic E-state index is 0.537. The van der Waals surface area contributed by atoms with E-state index in [4.69, 9.17) is 17.3 Å².